The zero-order valence-electron chi connectivity index (χ0n) is 8.58. The maximum atomic E-state index is 13.8. The van der Waals surface area contributed by atoms with Gasteiger partial charge in [-0.05, 0) is 40.2 Å². The molecule has 2 rings (SSSR count). The Labute approximate surface area is 119 Å². The van der Waals surface area contributed by atoms with Crippen LogP contribution in [-0.2, 0) is 0 Å². The molecule has 0 aliphatic carbocycles. The van der Waals surface area contributed by atoms with E-state index >= 15 is 0 Å². The van der Waals surface area contributed by atoms with Gasteiger partial charge in [-0.15, -0.1) is 11.3 Å². The van der Waals surface area contributed by atoms with Gasteiger partial charge in [0.15, 0.2) is 0 Å². The van der Waals surface area contributed by atoms with Crippen molar-refractivity contribution in [3.63, 3.8) is 0 Å². The van der Waals surface area contributed by atoms with Gasteiger partial charge in [-0.2, -0.15) is 0 Å². The first-order valence-electron chi connectivity index (χ1n) is 4.77. The second-order valence-electron chi connectivity index (χ2n) is 3.43. The van der Waals surface area contributed by atoms with E-state index in [1.165, 1.54) is 17.4 Å². The van der Waals surface area contributed by atoms with Crippen LogP contribution in [0, 0.1) is 5.82 Å². The molecule has 0 saturated carbocycles. The number of benzene rings is 1. The average Bonchev–Trinajstić information content (AvgIpc) is 2.71. The van der Waals surface area contributed by atoms with Crippen LogP contribution in [0.2, 0.25) is 0 Å². The molecule has 0 saturated heterocycles. The lowest BCUT2D eigenvalue weighted by Crippen LogP contribution is -2.28. The fraction of sp³-hybridized carbons (Fsp3) is 0.0909. The van der Waals surface area contributed by atoms with Crippen molar-refractivity contribution in [2.45, 2.75) is 6.04 Å². The number of rotatable bonds is 3. The Morgan fingerprint density at radius 3 is 2.59 bits per heavy atom. The third-order valence-corrected chi connectivity index (χ3v) is 4.56. The monoisotopic (exact) mass is 378 g/mol. The first-order valence-corrected chi connectivity index (χ1v) is 7.23. The summed E-state index contributed by atoms with van der Waals surface area (Å²) in [5, 5.41) is 1.94. The van der Waals surface area contributed by atoms with Gasteiger partial charge in [-0.1, -0.05) is 15.9 Å². The molecule has 0 aliphatic rings. The van der Waals surface area contributed by atoms with Crippen LogP contribution in [-0.4, -0.2) is 0 Å². The van der Waals surface area contributed by atoms with E-state index in [0.29, 0.717) is 5.56 Å². The predicted octanol–water partition coefficient (Wildman–Crippen LogP) is 3.96. The van der Waals surface area contributed by atoms with Crippen LogP contribution in [0.3, 0.4) is 0 Å². The Kier molecular flexibility index (Phi) is 4.32. The summed E-state index contributed by atoms with van der Waals surface area (Å²) in [6.45, 7) is 0. The van der Waals surface area contributed by atoms with Gasteiger partial charge in [0.05, 0.1) is 6.04 Å². The Morgan fingerprint density at radius 2 is 2.00 bits per heavy atom. The van der Waals surface area contributed by atoms with Gasteiger partial charge in [-0.25, -0.2) is 9.82 Å². The number of hydrazine groups is 1. The summed E-state index contributed by atoms with van der Waals surface area (Å²) in [5.74, 6) is 5.25. The van der Waals surface area contributed by atoms with Gasteiger partial charge in [0.2, 0.25) is 0 Å². The number of thiophene rings is 1. The molecule has 90 valence electrons. The number of hydrogen-bond acceptors (Lipinski definition) is 3. The average molecular weight is 380 g/mol. The molecule has 1 atom stereocenters. The fourth-order valence-corrected chi connectivity index (χ4v) is 3.44. The summed E-state index contributed by atoms with van der Waals surface area (Å²) in [7, 11) is 0. The van der Waals surface area contributed by atoms with Crippen molar-refractivity contribution in [3.05, 3.63) is 54.8 Å². The van der Waals surface area contributed by atoms with Crippen molar-refractivity contribution in [2.75, 3.05) is 0 Å². The lowest BCUT2D eigenvalue weighted by atomic mass is 10.1. The molecule has 2 aromatic rings. The first-order chi connectivity index (χ1) is 8.11. The highest BCUT2D eigenvalue weighted by atomic mass is 79.9. The van der Waals surface area contributed by atoms with Gasteiger partial charge >= 0.3 is 0 Å². The molecule has 0 amide bonds. The molecular formula is C11H9Br2FN2S. The smallest absolute Gasteiger partial charge is 0.128 e. The van der Waals surface area contributed by atoms with Crippen LogP contribution < -0.4 is 11.3 Å². The normalized spacial score (nSPS) is 12.7. The van der Waals surface area contributed by atoms with Gasteiger partial charge in [0, 0.05) is 24.8 Å². The van der Waals surface area contributed by atoms with Crippen molar-refractivity contribution in [1.29, 1.82) is 0 Å². The molecule has 0 fully saturated rings. The van der Waals surface area contributed by atoms with E-state index in [4.69, 9.17) is 5.84 Å². The second-order valence-corrected chi connectivity index (χ2v) is 6.21. The largest absolute Gasteiger partial charge is 0.271 e. The molecule has 6 heteroatoms. The van der Waals surface area contributed by atoms with Crippen molar-refractivity contribution < 1.29 is 4.39 Å². The van der Waals surface area contributed by atoms with Crippen LogP contribution in [0.15, 0.2) is 38.6 Å². The fourth-order valence-electron chi connectivity index (χ4n) is 1.54. The minimum atomic E-state index is -0.344. The van der Waals surface area contributed by atoms with Gasteiger partial charge < -0.3 is 0 Å². The Balaban J connectivity index is 2.45. The molecular weight excluding hydrogens is 371 g/mol. The van der Waals surface area contributed by atoms with Crippen LogP contribution >= 0.6 is 43.2 Å². The third kappa shape index (κ3) is 2.95. The van der Waals surface area contributed by atoms with E-state index in [-0.39, 0.29) is 11.9 Å². The highest BCUT2D eigenvalue weighted by Crippen LogP contribution is 2.32. The van der Waals surface area contributed by atoms with E-state index in [2.05, 4.69) is 37.3 Å². The Bertz CT molecular complexity index is 530. The van der Waals surface area contributed by atoms with E-state index < -0.39 is 0 Å². The molecule has 1 unspecified atom stereocenters. The molecule has 0 spiro atoms. The number of nitrogens with two attached hydrogens (primary N) is 1. The molecule has 1 aromatic heterocycles. The molecule has 1 heterocycles. The van der Waals surface area contributed by atoms with E-state index in [1.807, 2.05) is 11.4 Å². The lowest BCUT2D eigenvalue weighted by molar-refractivity contribution is 0.564. The Morgan fingerprint density at radius 1 is 1.24 bits per heavy atom. The maximum absolute atomic E-state index is 13.8. The topological polar surface area (TPSA) is 38.0 Å². The first kappa shape index (κ1) is 13.2. The van der Waals surface area contributed by atoms with Crippen LogP contribution in [0.1, 0.15) is 16.5 Å². The van der Waals surface area contributed by atoms with E-state index in [0.717, 1.165) is 13.8 Å². The SMILES string of the molecule is NNC(c1cc(Br)cs1)c1cc(Br)ccc1F. The van der Waals surface area contributed by atoms with Crippen molar-refractivity contribution in [2.24, 2.45) is 5.84 Å². The molecule has 0 aliphatic heterocycles. The van der Waals surface area contributed by atoms with E-state index in [9.17, 15) is 4.39 Å². The minimum Gasteiger partial charge on any atom is -0.271 e. The van der Waals surface area contributed by atoms with Gasteiger partial charge in [0.1, 0.15) is 5.82 Å². The number of nitrogens with one attached hydrogen (secondary N) is 1. The van der Waals surface area contributed by atoms with Gasteiger partial charge in [0.25, 0.3) is 0 Å². The summed E-state index contributed by atoms with van der Waals surface area (Å²) in [6.07, 6.45) is 0. The molecule has 3 N–H and O–H groups in total. The molecule has 0 bridgehead atoms. The predicted molar refractivity (Wildman–Crippen MR) is 75.3 cm³/mol. The van der Waals surface area contributed by atoms with E-state index in [1.54, 1.807) is 12.1 Å². The summed E-state index contributed by atoms with van der Waals surface area (Å²) in [6, 6.07) is 6.40. The summed E-state index contributed by atoms with van der Waals surface area (Å²) in [4.78, 5) is 0.955. The zero-order chi connectivity index (χ0) is 12.4. The van der Waals surface area contributed by atoms with Crippen molar-refractivity contribution >= 4 is 43.2 Å². The maximum Gasteiger partial charge on any atom is 0.128 e. The standard InChI is InChI=1S/C11H9Br2FN2S/c12-6-1-2-9(14)8(3-6)11(16-15)10-4-7(13)5-17-10/h1-5,11,16H,15H2. The van der Waals surface area contributed by atoms with Crippen LogP contribution in [0.4, 0.5) is 4.39 Å². The lowest BCUT2D eigenvalue weighted by Gasteiger charge is -2.15. The molecule has 0 radical (unpaired) electrons. The number of halogens is 3. The Hall–Kier alpha value is -0.270. The van der Waals surface area contributed by atoms with Crippen LogP contribution in [0.25, 0.3) is 0 Å². The van der Waals surface area contributed by atoms with Gasteiger partial charge in [-0.3, -0.25) is 5.84 Å². The quantitative estimate of drug-likeness (QED) is 0.625. The highest BCUT2D eigenvalue weighted by Gasteiger charge is 2.18. The summed E-state index contributed by atoms with van der Waals surface area (Å²) < 4.78 is 15.6. The highest BCUT2D eigenvalue weighted by molar-refractivity contribution is 9.10. The molecule has 2 nitrogen and oxygen atoms in total. The molecule has 1 aromatic carbocycles. The zero-order valence-corrected chi connectivity index (χ0v) is 12.6. The van der Waals surface area contributed by atoms with Crippen LogP contribution in [0.5, 0.6) is 0 Å². The third-order valence-electron chi connectivity index (χ3n) is 2.31. The van der Waals surface area contributed by atoms with Crippen molar-refractivity contribution in [1.82, 2.24) is 5.43 Å². The summed E-state index contributed by atoms with van der Waals surface area (Å²) in [5.41, 5.74) is 3.17. The van der Waals surface area contributed by atoms with Crippen molar-refractivity contribution in [3.8, 4) is 0 Å². The second kappa shape index (κ2) is 5.58. The minimum absolute atomic E-state index is 0.277. The summed E-state index contributed by atoms with van der Waals surface area (Å²) >= 11 is 8.22. The number of hydrogen-bond donors (Lipinski definition) is 2. The molecule has 17 heavy (non-hydrogen) atoms.